The largest absolute Gasteiger partial charge is 0.497 e. The maximum Gasteiger partial charge on any atom is 0.259 e. The summed E-state index contributed by atoms with van der Waals surface area (Å²) in [7, 11) is 3.26. The van der Waals surface area contributed by atoms with Gasteiger partial charge in [0.1, 0.15) is 11.5 Å². The van der Waals surface area contributed by atoms with Gasteiger partial charge in [-0.3, -0.25) is 4.79 Å². The van der Waals surface area contributed by atoms with Crippen LogP contribution in [0.5, 0.6) is 11.5 Å². The van der Waals surface area contributed by atoms with Gasteiger partial charge in [0.2, 0.25) is 0 Å². The Labute approximate surface area is 170 Å². The van der Waals surface area contributed by atoms with E-state index in [0.29, 0.717) is 23.6 Å². The van der Waals surface area contributed by atoms with Crippen molar-refractivity contribution < 1.29 is 9.47 Å². The fraction of sp³-hybridized carbons (Fsp3) is 0.160. The smallest absolute Gasteiger partial charge is 0.259 e. The molecule has 0 radical (unpaired) electrons. The number of nitrogens with zero attached hydrogens (tertiary/aromatic N) is 1. The Morgan fingerprint density at radius 3 is 2.14 bits per heavy atom. The van der Waals surface area contributed by atoms with Crippen LogP contribution in [0.4, 0.5) is 0 Å². The molecule has 1 heterocycles. The van der Waals surface area contributed by atoms with Crippen molar-refractivity contribution in [2.75, 3.05) is 14.2 Å². The van der Waals surface area contributed by atoms with Gasteiger partial charge < -0.3 is 14.0 Å². The number of aryl methyl sites for hydroxylation is 1. The van der Waals surface area contributed by atoms with Crippen LogP contribution < -0.4 is 15.0 Å². The van der Waals surface area contributed by atoms with Crippen LogP contribution in [0.3, 0.4) is 0 Å². The number of benzene rings is 3. The van der Waals surface area contributed by atoms with Gasteiger partial charge in [0.25, 0.3) is 5.56 Å². The molecular formula is C25H23NO3. The summed E-state index contributed by atoms with van der Waals surface area (Å²) in [6, 6.07) is 23.6. The second kappa shape index (κ2) is 7.84. The van der Waals surface area contributed by atoms with Crippen LogP contribution in [-0.4, -0.2) is 18.8 Å². The van der Waals surface area contributed by atoms with Crippen molar-refractivity contribution in [2.45, 2.75) is 13.5 Å². The van der Waals surface area contributed by atoms with Crippen LogP contribution in [0.15, 0.2) is 77.6 Å². The minimum absolute atomic E-state index is 0.0274. The SMILES string of the molecule is COc1cc(OC)c2c(C)c(-c3ccccc3)c(=O)n(Cc3ccccc3)c2c1. The summed E-state index contributed by atoms with van der Waals surface area (Å²) in [4.78, 5) is 13.7. The predicted octanol–water partition coefficient (Wildman–Crippen LogP) is 5.04. The van der Waals surface area contributed by atoms with E-state index in [2.05, 4.69) is 0 Å². The predicted molar refractivity (Wildman–Crippen MR) is 117 cm³/mol. The van der Waals surface area contributed by atoms with E-state index in [0.717, 1.165) is 27.6 Å². The van der Waals surface area contributed by atoms with Crippen LogP contribution >= 0.6 is 0 Å². The molecule has 4 aromatic rings. The molecule has 29 heavy (non-hydrogen) atoms. The van der Waals surface area contributed by atoms with Crippen molar-refractivity contribution in [1.82, 2.24) is 4.57 Å². The second-order valence-corrected chi connectivity index (χ2v) is 6.97. The molecule has 0 saturated carbocycles. The summed E-state index contributed by atoms with van der Waals surface area (Å²) in [5.41, 5.74) is 4.32. The monoisotopic (exact) mass is 385 g/mol. The highest BCUT2D eigenvalue weighted by molar-refractivity contribution is 5.94. The third-order valence-electron chi connectivity index (χ3n) is 5.26. The summed E-state index contributed by atoms with van der Waals surface area (Å²) >= 11 is 0. The molecule has 0 aliphatic carbocycles. The van der Waals surface area contributed by atoms with Crippen LogP contribution in [0.2, 0.25) is 0 Å². The summed E-state index contributed by atoms with van der Waals surface area (Å²) in [6.07, 6.45) is 0. The van der Waals surface area contributed by atoms with Crippen molar-refractivity contribution in [3.63, 3.8) is 0 Å². The summed E-state index contributed by atoms with van der Waals surface area (Å²) in [5.74, 6) is 1.35. The van der Waals surface area contributed by atoms with E-state index in [9.17, 15) is 4.79 Å². The van der Waals surface area contributed by atoms with Crippen LogP contribution in [-0.2, 0) is 6.54 Å². The molecule has 0 fully saturated rings. The van der Waals surface area contributed by atoms with E-state index in [1.165, 1.54) is 0 Å². The van der Waals surface area contributed by atoms with E-state index in [4.69, 9.17) is 9.47 Å². The fourth-order valence-corrected chi connectivity index (χ4v) is 3.84. The molecular weight excluding hydrogens is 362 g/mol. The zero-order chi connectivity index (χ0) is 20.4. The topological polar surface area (TPSA) is 40.5 Å². The highest BCUT2D eigenvalue weighted by Gasteiger charge is 2.19. The van der Waals surface area contributed by atoms with Gasteiger partial charge in [-0.05, 0) is 23.6 Å². The summed E-state index contributed by atoms with van der Waals surface area (Å²) in [6.45, 7) is 2.44. The lowest BCUT2D eigenvalue weighted by molar-refractivity contribution is 0.397. The first-order valence-electron chi connectivity index (χ1n) is 9.52. The average molecular weight is 385 g/mol. The second-order valence-electron chi connectivity index (χ2n) is 6.97. The lowest BCUT2D eigenvalue weighted by atomic mass is 9.97. The van der Waals surface area contributed by atoms with Gasteiger partial charge in [0.15, 0.2) is 0 Å². The van der Waals surface area contributed by atoms with Crippen molar-refractivity contribution in [2.24, 2.45) is 0 Å². The van der Waals surface area contributed by atoms with Gasteiger partial charge in [-0.15, -0.1) is 0 Å². The highest BCUT2D eigenvalue weighted by atomic mass is 16.5. The Morgan fingerprint density at radius 2 is 1.52 bits per heavy atom. The number of hydrogen-bond donors (Lipinski definition) is 0. The third kappa shape index (κ3) is 3.38. The minimum Gasteiger partial charge on any atom is -0.497 e. The third-order valence-corrected chi connectivity index (χ3v) is 5.26. The van der Waals surface area contributed by atoms with Crippen molar-refractivity contribution in [1.29, 1.82) is 0 Å². The first-order chi connectivity index (χ1) is 14.1. The molecule has 4 nitrogen and oxygen atoms in total. The first-order valence-corrected chi connectivity index (χ1v) is 9.52. The van der Waals surface area contributed by atoms with Crippen molar-refractivity contribution in [3.8, 4) is 22.6 Å². The van der Waals surface area contributed by atoms with Gasteiger partial charge in [-0.2, -0.15) is 0 Å². The molecule has 0 spiro atoms. The molecule has 0 aliphatic rings. The first kappa shape index (κ1) is 18.8. The number of rotatable bonds is 5. The van der Waals surface area contributed by atoms with Gasteiger partial charge in [0, 0.05) is 17.5 Å². The van der Waals surface area contributed by atoms with E-state index in [-0.39, 0.29) is 5.56 Å². The Morgan fingerprint density at radius 1 is 0.862 bits per heavy atom. The molecule has 0 aliphatic heterocycles. The van der Waals surface area contributed by atoms with E-state index in [1.54, 1.807) is 14.2 Å². The standard InChI is InChI=1S/C25H23NO3/c1-17-23(19-12-8-5-9-13-19)25(27)26(16-18-10-6-4-7-11-18)21-14-20(28-2)15-22(29-3)24(17)21/h4-15H,16H2,1-3H3. The zero-order valence-electron chi connectivity index (χ0n) is 16.8. The Bertz CT molecular complexity index is 1210. The Kier molecular flexibility index (Phi) is 5.09. The molecule has 0 unspecified atom stereocenters. The van der Waals surface area contributed by atoms with E-state index < -0.39 is 0 Å². The number of methoxy groups -OCH3 is 2. The molecule has 0 bridgehead atoms. The van der Waals surface area contributed by atoms with Gasteiger partial charge >= 0.3 is 0 Å². The van der Waals surface area contributed by atoms with Gasteiger partial charge in [-0.1, -0.05) is 60.7 Å². The fourth-order valence-electron chi connectivity index (χ4n) is 3.84. The molecule has 4 heteroatoms. The molecule has 4 rings (SSSR count). The molecule has 3 aromatic carbocycles. The molecule has 0 N–H and O–H groups in total. The summed E-state index contributed by atoms with van der Waals surface area (Å²) < 4.78 is 13.0. The maximum absolute atomic E-state index is 13.7. The van der Waals surface area contributed by atoms with Gasteiger partial charge in [-0.25, -0.2) is 0 Å². The van der Waals surface area contributed by atoms with Crippen LogP contribution in [0.1, 0.15) is 11.1 Å². The molecule has 0 saturated heterocycles. The van der Waals surface area contributed by atoms with Crippen molar-refractivity contribution >= 4 is 10.9 Å². The molecule has 146 valence electrons. The van der Waals surface area contributed by atoms with Crippen molar-refractivity contribution in [3.05, 3.63) is 94.3 Å². The number of fused-ring (bicyclic) bond motifs is 1. The zero-order valence-corrected chi connectivity index (χ0v) is 16.8. The minimum atomic E-state index is -0.0274. The molecule has 1 aromatic heterocycles. The normalized spacial score (nSPS) is 10.9. The van der Waals surface area contributed by atoms with Crippen LogP contribution in [0, 0.1) is 6.92 Å². The van der Waals surface area contributed by atoms with E-state index >= 15 is 0 Å². The lowest BCUT2D eigenvalue weighted by Crippen LogP contribution is -2.24. The number of ether oxygens (including phenoxy) is 2. The maximum atomic E-state index is 13.7. The molecule has 0 atom stereocenters. The number of aromatic nitrogens is 1. The van der Waals surface area contributed by atoms with E-state index in [1.807, 2.05) is 84.3 Å². The lowest BCUT2D eigenvalue weighted by Gasteiger charge is -2.19. The quantitative estimate of drug-likeness (QED) is 0.483. The number of pyridine rings is 1. The highest BCUT2D eigenvalue weighted by Crippen LogP contribution is 2.36. The average Bonchev–Trinajstić information content (AvgIpc) is 2.77. The summed E-state index contributed by atoms with van der Waals surface area (Å²) in [5, 5.41) is 0.919. The Hall–Kier alpha value is -3.53. The number of hydrogen-bond acceptors (Lipinski definition) is 3. The molecule has 0 amide bonds. The Balaban J connectivity index is 2.11. The van der Waals surface area contributed by atoms with Crippen LogP contribution in [0.25, 0.3) is 22.0 Å². The van der Waals surface area contributed by atoms with Gasteiger partial charge in [0.05, 0.1) is 31.8 Å².